The monoisotopic (exact) mass is 434 g/mol. The smallest absolute Gasteiger partial charge is 0.280 e. The third-order valence-electron chi connectivity index (χ3n) is 5.54. The molecule has 5 rings (SSSR count). The standard InChI is InChI=1S/C24H16F2N2O4/c1-12-17(24(31)28(27-12)14-9-18(25)23(30)19(26)10-14)11-15-6-8-21(32-15)16-4-2-3-13-5-7-20(29)22(13)16/h2-4,6,8-11,30H,5,7H2,1H3. The lowest BCUT2D eigenvalue weighted by Crippen LogP contribution is -2.21. The predicted molar refractivity (Wildman–Crippen MR) is 113 cm³/mol. The normalized spacial score (nSPS) is 16.8. The Balaban J connectivity index is 1.47. The van der Waals surface area contributed by atoms with Crippen LogP contribution >= 0.6 is 0 Å². The zero-order valence-corrected chi connectivity index (χ0v) is 16.9. The molecule has 160 valence electrons. The number of rotatable bonds is 3. The van der Waals surface area contributed by atoms with Gasteiger partial charge in [0.2, 0.25) is 0 Å². The summed E-state index contributed by atoms with van der Waals surface area (Å²) < 4.78 is 33.3. The number of phenols is 1. The van der Waals surface area contributed by atoms with Crippen LogP contribution in [0.5, 0.6) is 5.75 Å². The zero-order valence-electron chi connectivity index (χ0n) is 16.9. The molecule has 0 fully saturated rings. The van der Waals surface area contributed by atoms with Gasteiger partial charge >= 0.3 is 0 Å². The molecular formula is C24H16F2N2O4. The fraction of sp³-hybridized carbons (Fsp3) is 0.125. The van der Waals surface area contributed by atoms with E-state index in [4.69, 9.17) is 4.42 Å². The van der Waals surface area contributed by atoms with Crippen LogP contribution in [0.4, 0.5) is 14.5 Å². The molecule has 0 spiro atoms. The van der Waals surface area contributed by atoms with Crippen molar-refractivity contribution < 1.29 is 27.9 Å². The number of aryl methyl sites for hydroxylation is 1. The Morgan fingerprint density at radius 1 is 1.09 bits per heavy atom. The van der Waals surface area contributed by atoms with Gasteiger partial charge in [0.15, 0.2) is 23.2 Å². The molecule has 1 N–H and O–H groups in total. The van der Waals surface area contributed by atoms with Gasteiger partial charge in [-0.15, -0.1) is 0 Å². The van der Waals surface area contributed by atoms with Gasteiger partial charge in [-0.25, -0.2) is 8.78 Å². The van der Waals surface area contributed by atoms with Crippen molar-refractivity contribution in [3.8, 4) is 17.1 Å². The van der Waals surface area contributed by atoms with Gasteiger partial charge < -0.3 is 9.52 Å². The third-order valence-corrected chi connectivity index (χ3v) is 5.54. The van der Waals surface area contributed by atoms with E-state index in [-0.39, 0.29) is 17.0 Å². The minimum atomic E-state index is -1.20. The van der Waals surface area contributed by atoms with Crippen LogP contribution in [0.15, 0.2) is 57.6 Å². The van der Waals surface area contributed by atoms with E-state index >= 15 is 0 Å². The van der Waals surface area contributed by atoms with Crippen molar-refractivity contribution in [1.29, 1.82) is 0 Å². The Morgan fingerprint density at radius 3 is 2.59 bits per heavy atom. The van der Waals surface area contributed by atoms with Crippen LogP contribution in [0.1, 0.15) is 35.0 Å². The summed E-state index contributed by atoms with van der Waals surface area (Å²) in [6.07, 6.45) is 2.67. The molecule has 1 amide bonds. The van der Waals surface area contributed by atoms with Crippen LogP contribution in [-0.4, -0.2) is 22.5 Å². The average Bonchev–Trinajstić information content (AvgIpc) is 3.46. The van der Waals surface area contributed by atoms with Crippen LogP contribution in [0.3, 0.4) is 0 Å². The van der Waals surface area contributed by atoms with Gasteiger partial charge in [0.05, 0.1) is 17.0 Å². The van der Waals surface area contributed by atoms with Crippen molar-refractivity contribution >= 4 is 29.2 Å². The van der Waals surface area contributed by atoms with Crippen LogP contribution < -0.4 is 5.01 Å². The summed E-state index contributed by atoms with van der Waals surface area (Å²) in [4.78, 5) is 25.1. The highest BCUT2D eigenvalue weighted by Gasteiger charge is 2.31. The summed E-state index contributed by atoms with van der Waals surface area (Å²) in [5, 5.41) is 14.2. The first kappa shape index (κ1) is 19.9. The second-order valence-electron chi connectivity index (χ2n) is 7.58. The number of hydrogen-bond acceptors (Lipinski definition) is 5. The molecular weight excluding hydrogens is 418 g/mol. The summed E-state index contributed by atoms with van der Waals surface area (Å²) in [7, 11) is 0. The molecule has 2 aromatic carbocycles. The van der Waals surface area contributed by atoms with Crippen molar-refractivity contribution in [3.05, 3.63) is 76.6 Å². The fourth-order valence-electron chi connectivity index (χ4n) is 3.97. The van der Waals surface area contributed by atoms with E-state index in [0.29, 0.717) is 41.2 Å². The Hall–Kier alpha value is -4.07. The first-order chi connectivity index (χ1) is 15.3. The topological polar surface area (TPSA) is 83.1 Å². The number of halogens is 2. The van der Waals surface area contributed by atoms with E-state index in [0.717, 1.165) is 22.7 Å². The van der Waals surface area contributed by atoms with E-state index < -0.39 is 23.3 Å². The maximum absolute atomic E-state index is 13.7. The largest absolute Gasteiger partial charge is 0.503 e. The van der Waals surface area contributed by atoms with Crippen LogP contribution in [0, 0.1) is 11.6 Å². The first-order valence-electron chi connectivity index (χ1n) is 9.88. The highest BCUT2D eigenvalue weighted by atomic mass is 19.1. The Labute approximate surface area is 181 Å². The van der Waals surface area contributed by atoms with E-state index in [1.54, 1.807) is 19.1 Å². The number of nitrogens with zero attached hydrogens (tertiary/aromatic N) is 2. The number of benzene rings is 2. The Morgan fingerprint density at radius 2 is 1.84 bits per heavy atom. The summed E-state index contributed by atoms with van der Waals surface area (Å²) in [5.41, 5.74) is 2.73. The van der Waals surface area contributed by atoms with Crippen molar-refractivity contribution in [2.24, 2.45) is 5.10 Å². The minimum Gasteiger partial charge on any atom is -0.503 e. The first-order valence-corrected chi connectivity index (χ1v) is 9.88. The van der Waals surface area contributed by atoms with Crippen molar-refractivity contribution in [3.63, 3.8) is 0 Å². The van der Waals surface area contributed by atoms with Gasteiger partial charge in [0.1, 0.15) is 11.5 Å². The molecule has 0 unspecified atom stereocenters. The molecule has 1 aromatic heterocycles. The molecule has 2 heterocycles. The van der Waals surface area contributed by atoms with Gasteiger partial charge in [-0.3, -0.25) is 9.59 Å². The molecule has 1 aliphatic carbocycles. The fourth-order valence-corrected chi connectivity index (χ4v) is 3.97. The number of fused-ring (bicyclic) bond motifs is 1. The predicted octanol–water partition coefficient (Wildman–Crippen LogP) is 4.87. The molecule has 6 nitrogen and oxygen atoms in total. The lowest BCUT2D eigenvalue weighted by atomic mass is 10.0. The van der Waals surface area contributed by atoms with Crippen molar-refractivity contribution in [2.45, 2.75) is 19.8 Å². The quantitative estimate of drug-likeness (QED) is 0.597. The molecule has 8 heteroatoms. The highest BCUT2D eigenvalue weighted by Crippen LogP contribution is 2.34. The number of furan rings is 1. The lowest BCUT2D eigenvalue weighted by molar-refractivity contribution is -0.114. The molecule has 1 aliphatic heterocycles. The van der Waals surface area contributed by atoms with Crippen LogP contribution in [-0.2, 0) is 11.2 Å². The molecule has 0 saturated heterocycles. The van der Waals surface area contributed by atoms with Crippen LogP contribution in [0.25, 0.3) is 17.4 Å². The molecule has 32 heavy (non-hydrogen) atoms. The zero-order chi connectivity index (χ0) is 22.6. The molecule has 2 aliphatic rings. The number of carbonyl (C=O) groups excluding carboxylic acids is 2. The summed E-state index contributed by atoms with van der Waals surface area (Å²) in [5.74, 6) is -3.16. The number of hydrogen-bond donors (Lipinski definition) is 1. The highest BCUT2D eigenvalue weighted by molar-refractivity contribution is 6.32. The number of carbonyl (C=O) groups is 2. The average molecular weight is 434 g/mol. The van der Waals surface area contributed by atoms with E-state index in [2.05, 4.69) is 5.10 Å². The van der Waals surface area contributed by atoms with Crippen molar-refractivity contribution in [1.82, 2.24) is 0 Å². The van der Waals surface area contributed by atoms with Gasteiger partial charge in [-0.1, -0.05) is 18.2 Å². The number of Topliss-reactive ketones (excluding diaryl/α,β-unsaturated/α-hetero) is 1. The molecule has 0 saturated carbocycles. The SMILES string of the molecule is CC1=NN(c2cc(F)c(O)c(F)c2)C(=O)C1=Cc1ccc(-c2cccc3c2C(=O)CC3)o1. The molecule has 0 bridgehead atoms. The summed E-state index contributed by atoms with van der Waals surface area (Å²) >= 11 is 0. The minimum absolute atomic E-state index is 0.0739. The Bertz CT molecular complexity index is 1350. The second kappa shape index (κ2) is 7.26. The van der Waals surface area contributed by atoms with E-state index in [1.807, 2.05) is 18.2 Å². The third kappa shape index (κ3) is 3.11. The van der Waals surface area contributed by atoms with Gasteiger partial charge in [0, 0.05) is 29.7 Å². The number of amides is 1. The van der Waals surface area contributed by atoms with Gasteiger partial charge in [-0.2, -0.15) is 10.1 Å². The number of ketones is 1. The second-order valence-corrected chi connectivity index (χ2v) is 7.58. The van der Waals surface area contributed by atoms with E-state index in [1.165, 1.54) is 6.08 Å². The molecule has 0 radical (unpaired) electrons. The number of phenolic OH excluding ortho intramolecular Hbond substituents is 1. The van der Waals surface area contributed by atoms with Crippen LogP contribution in [0.2, 0.25) is 0 Å². The summed E-state index contributed by atoms with van der Waals surface area (Å²) in [6.45, 7) is 1.59. The Kier molecular flexibility index (Phi) is 4.51. The van der Waals surface area contributed by atoms with E-state index in [9.17, 15) is 23.5 Å². The molecule has 3 aromatic rings. The number of hydrazone groups is 1. The number of aromatic hydroxyl groups is 1. The summed E-state index contributed by atoms with van der Waals surface area (Å²) in [6, 6.07) is 10.7. The van der Waals surface area contributed by atoms with Gasteiger partial charge in [-0.05, 0) is 37.1 Å². The maximum Gasteiger partial charge on any atom is 0.280 e. The van der Waals surface area contributed by atoms with Crippen molar-refractivity contribution in [2.75, 3.05) is 5.01 Å². The number of anilines is 1. The lowest BCUT2D eigenvalue weighted by Gasteiger charge is -2.12. The molecule has 0 atom stereocenters. The van der Waals surface area contributed by atoms with Gasteiger partial charge in [0.25, 0.3) is 5.91 Å². The maximum atomic E-state index is 13.7.